The molecule has 1 aliphatic heterocycles. The van der Waals surface area contributed by atoms with E-state index in [0.717, 1.165) is 0 Å². The van der Waals surface area contributed by atoms with E-state index in [0.29, 0.717) is 0 Å². The van der Waals surface area contributed by atoms with Crippen molar-refractivity contribution in [1.29, 1.82) is 0 Å². The number of benzene rings is 1. The molecule has 2 rings (SSSR count). The molecule has 0 aromatic heterocycles. The second-order valence-corrected chi connectivity index (χ2v) is 5.28. The Labute approximate surface area is 95.5 Å². The van der Waals surface area contributed by atoms with E-state index in [4.69, 9.17) is 12.2 Å². The van der Waals surface area contributed by atoms with Gasteiger partial charge in [-0.3, -0.25) is 4.79 Å². The molecule has 1 amide bonds. The van der Waals surface area contributed by atoms with Crippen LogP contribution in [0.3, 0.4) is 0 Å². The molecule has 0 radical (unpaired) electrons. The summed E-state index contributed by atoms with van der Waals surface area (Å²) in [6, 6.07) is 6.09. The molecule has 0 spiro atoms. The van der Waals surface area contributed by atoms with Crippen molar-refractivity contribution in [2.45, 2.75) is 4.90 Å². The summed E-state index contributed by atoms with van der Waals surface area (Å²) in [5.41, 5.74) is 0.220. The number of hydrogen-bond acceptors (Lipinski definition) is 4. The number of amides is 1. The van der Waals surface area contributed by atoms with Crippen LogP contribution in [0, 0.1) is 0 Å². The zero-order valence-electron chi connectivity index (χ0n) is 7.65. The maximum atomic E-state index is 11.1. The van der Waals surface area contributed by atoms with E-state index < -0.39 is 30.4 Å². The van der Waals surface area contributed by atoms with Gasteiger partial charge < -0.3 is 0 Å². The minimum absolute atomic E-state index is 0.0648. The summed E-state index contributed by atoms with van der Waals surface area (Å²) in [5.74, 6) is -0.550. The fourth-order valence-electron chi connectivity index (χ4n) is 1.12. The molecule has 9 heteroatoms. The second kappa shape index (κ2) is 4.81. The Bertz CT molecular complexity index is 536. The van der Waals surface area contributed by atoms with Crippen LogP contribution in [0.25, 0.3) is 0 Å². The van der Waals surface area contributed by atoms with Crippen LogP contribution in [-0.2, 0) is 13.9 Å². The number of fused-ring (bicyclic) bond motifs is 1. The first-order chi connectivity index (χ1) is 7.34. The first-order valence-electron chi connectivity index (χ1n) is 3.80. The molecule has 0 bridgehead atoms. The van der Waals surface area contributed by atoms with Crippen molar-refractivity contribution in [3.05, 3.63) is 29.8 Å². The average molecular weight is 312 g/mol. The molecule has 1 aromatic rings. The van der Waals surface area contributed by atoms with Crippen LogP contribution >= 0.6 is 0 Å². The number of carbonyl (C=O) groups excluding carboxylic acids is 1. The van der Waals surface area contributed by atoms with Gasteiger partial charge in [0.1, 0.15) is 4.90 Å². The topological polar surface area (TPSA) is 121 Å². The molecule has 1 aliphatic rings. The second-order valence-electron chi connectivity index (χ2n) is 2.66. The number of sulfonamides is 1. The minimum atomic E-state index is -3.55. The van der Waals surface area contributed by atoms with Gasteiger partial charge in [0.2, 0.25) is 0 Å². The van der Waals surface area contributed by atoms with E-state index >= 15 is 0 Å². The van der Waals surface area contributed by atoms with Gasteiger partial charge in [-0.05, 0) is 12.1 Å². The van der Waals surface area contributed by atoms with E-state index in [2.05, 4.69) is 0 Å². The molecule has 0 fully saturated rings. The van der Waals surface area contributed by atoms with Crippen LogP contribution in [0.4, 0.5) is 0 Å². The Balaban J connectivity index is 0.000000280. The molecule has 7 nitrogen and oxygen atoms in total. The van der Waals surface area contributed by atoms with Gasteiger partial charge in [-0.2, -0.15) is 0 Å². The molecular weight excluding hydrogens is 305 g/mol. The zero-order chi connectivity index (χ0) is 12.3. The molecule has 0 unspecified atom stereocenters. The molecule has 0 atom stereocenters. The Morgan fingerprint density at radius 3 is 2.19 bits per heavy atom. The summed E-state index contributed by atoms with van der Waals surface area (Å²) in [5, 5.41) is 0. The quantitative estimate of drug-likeness (QED) is 0.502. The van der Waals surface area contributed by atoms with Gasteiger partial charge in [-0.1, -0.05) is 12.1 Å². The summed E-state index contributed by atoms with van der Waals surface area (Å²) in [7, 11) is -3.55. The number of hydrogen-bond donors (Lipinski definition) is 3. The third-order valence-electron chi connectivity index (χ3n) is 1.65. The van der Waals surface area contributed by atoms with Crippen LogP contribution in [0.2, 0.25) is 0 Å². The fraction of sp³-hybridized carbons (Fsp3) is 0. The first kappa shape index (κ1) is 12.9. The predicted octanol–water partition coefficient (Wildman–Crippen LogP) is -1.49. The van der Waals surface area contributed by atoms with E-state index in [9.17, 15) is 13.2 Å². The van der Waals surface area contributed by atoms with Gasteiger partial charge in [-0.25, -0.2) is 13.1 Å². The summed E-state index contributed by atoms with van der Waals surface area (Å²) < 4.78 is 47.3. The summed E-state index contributed by atoms with van der Waals surface area (Å²) in [6.45, 7) is 0. The van der Waals surface area contributed by atoms with E-state index in [1.807, 2.05) is 4.72 Å². The molecule has 0 saturated heterocycles. The Hall–Kier alpha value is -1.12. The molecule has 1 aromatic carbocycles. The van der Waals surface area contributed by atoms with Crippen LogP contribution in [-0.4, -0.2) is 37.2 Å². The Morgan fingerprint density at radius 1 is 1.19 bits per heavy atom. The normalized spacial score (nSPS) is 16.1. The van der Waals surface area contributed by atoms with Crippen molar-refractivity contribution in [2.75, 3.05) is 0 Å². The molecule has 88 valence electrons. The van der Waals surface area contributed by atoms with Crippen LogP contribution in [0.5, 0.6) is 0 Å². The van der Waals surface area contributed by atoms with Crippen molar-refractivity contribution in [3.63, 3.8) is 0 Å². The van der Waals surface area contributed by atoms with E-state index in [-0.39, 0.29) is 10.5 Å². The first-order valence-corrected chi connectivity index (χ1v) is 7.52. The van der Waals surface area contributed by atoms with Crippen LogP contribution in [0.15, 0.2) is 29.2 Å². The maximum absolute atomic E-state index is 11.1. The molecular formula is C7H7NO6SSe. The standard InChI is InChI=1S/C7H5NO3S.H2O3Se/c9-7-5-3-1-2-4-6(5)12(10,11)8-7;1-4(2)3/h1-4H,(H,8,9);(H2,1,2,3). The third-order valence-corrected chi connectivity index (χ3v) is 3.04. The van der Waals surface area contributed by atoms with Gasteiger partial charge in [0.05, 0.1) is 5.56 Å². The van der Waals surface area contributed by atoms with Gasteiger partial charge in [0.25, 0.3) is 15.9 Å². The van der Waals surface area contributed by atoms with E-state index in [1.165, 1.54) is 12.1 Å². The van der Waals surface area contributed by atoms with Crippen molar-refractivity contribution >= 4 is 30.4 Å². The number of nitrogens with one attached hydrogen (secondary N) is 1. The summed E-state index contributed by atoms with van der Waals surface area (Å²) in [4.78, 5) is 11.1. The summed E-state index contributed by atoms with van der Waals surface area (Å²) in [6.07, 6.45) is 0. The van der Waals surface area contributed by atoms with Crippen molar-refractivity contribution in [3.8, 4) is 0 Å². The number of rotatable bonds is 0. The fourth-order valence-corrected chi connectivity index (χ4v) is 2.29. The number of carbonyl (C=O) groups is 1. The Morgan fingerprint density at radius 2 is 1.69 bits per heavy atom. The van der Waals surface area contributed by atoms with Gasteiger partial charge in [0.15, 0.2) is 0 Å². The SMILES string of the molecule is O=C1NS(=O)(=O)c2ccccc21.O=[Se](O)O. The van der Waals surface area contributed by atoms with Crippen LogP contribution < -0.4 is 4.72 Å². The molecule has 1 heterocycles. The van der Waals surface area contributed by atoms with Gasteiger partial charge in [0, 0.05) is 0 Å². The third kappa shape index (κ3) is 2.94. The van der Waals surface area contributed by atoms with Gasteiger partial charge in [-0.15, -0.1) is 0 Å². The monoisotopic (exact) mass is 313 g/mol. The zero-order valence-corrected chi connectivity index (χ0v) is 10.2. The molecule has 3 N–H and O–H groups in total. The molecule has 16 heavy (non-hydrogen) atoms. The van der Waals surface area contributed by atoms with Gasteiger partial charge >= 0.3 is 26.7 Å². The van der Waals surface area contributed by atoms with Crippen molar-refractivity contribution in [1.82, 2.24) is 4.72 Å². The predicted molar refractivity (Wildman–Crippen MR) is 52.0 cm³/mol. The summed E-state index contributed by atoms with van der Waals surface area (Å²) >= 11 is -3.29. The average Bonchev–Trinajstić information content (AvgIpc) is 2.38. The van der Waals surface area contributed by atoms with Crippen molar-refractivity contribution < 1.29 is 25.4 Å². The van der Waals surface area contributed by atoms with E-state index in [1.54, 1.807) is 12.1 Å². The van der Waals surface area contributed by atoms with Crippen molar-refractivity contribution in [2.24, 2.45) is 0 Å². The molecule has 0 aliphatic carbocycles. The Kier molecular flexibility index (Phi) is 3.89. The van der Waals surface area contributed by atoms with Crippen LogP contribution in [0.1, 0.15) is 10.4 Å². The molecule has 0 saturated carbocycles.